The molecule has 1 fully saturated rings. The molecule has 1 amide bonds. The normalized spacial score (nSPS) is 22.9. The standard InChI is InChI=1S/C12H13ClFNO/c1-7-4-9(7)12(16)15-6-8-2-3-11(14)10(13)5-8/h2-3,5,7,9H,4,6H2,1H3,(H,15,16)/t7-,9+/m0/s1. The van der Waals surface area contributed by atoms with Gasteiger partial charge in [-0.15, -0.1) is 0 Å². The van der Waals surface area contributed by atoms with Crippen LogP contribution in [0.25, 0.3) is 0 Å². The molecule has 1 saturated carbocycles. The van der Waals surface area contributed by atoms with E-state index >= 15 is 0 Å². The zero-order valence-corrected chi connectivity index (χ0v) is 9.72. The smallest absolute Gasteiger partial charge is 0.223 e. The maximum absolute atomic E-state index is 12.9. The molecule has 0 aliphatic heterocycles. The van der Waals surface area contributed by atoms with E-state index in [2.05, 4.69) is 12.2 Å². The lowest BCUT2D eigenvalue weighted by Gasteiger charge is -2.05. The lowest BCUT2D eigenvalue weighted by Crippen LogP contribution is -2.24. The van der Waals surface area contributed by atoms with Crippen LogP contribution < -0.4 is 5.32 Å². The predicted octanol–water partition coefficient (Wildman–Crippen LogP) is 2.75. The summed E-state index contributed by atoms with van der Waals surface area (Å²) in [6, 6.07) is 4.47. The highest BCUT2D eigenvalue weighted by molar-refractivity contribution is 6.30. The van der Waals surface area contributed by atoms with Gasteiger partial charge in [-0.2, -0.15) is 0 Å². The van der Waals surface area contributed by atoms with Gasteiger partial charge >= 0.3 is 0 Å². The summed E-state index contributed by atoms with van der Waals surface area (Å²) >= 11 is 5.64. The summed E-state index contributed by atoms with van der Waals surface area (Å²) in [5.41, 5.74) is 0.813. The van der Waals surface area contributed by atoms with Gasteiger partial charge in [-0.1, -0.05) is 24.6 Å². The number of hydrogen-bond donors (Lipinski definition) is 1. The quantitative estimate of drug-likeness (QED) is 0.866. The summed E-state index contributed by atoms with van der Waals surface area (Å²) in [5, 5.41) is 2.91. The van der Waals surface area contributed by atoms with E-state index in [1.54, 1.807) is 6.07 Å². The third kappa shape index (κ3) is 2.53. The summed E-state index contributed by atoms with van der Waals surface area (Å²) < 4.78 is 12.9. The molecule has 2 nitrogen and oxygen atoms in total. The Hall–Kier alpha value is -1.09. The summed E-state index contributed by atoms with van der Waals surface area (Å²) in [7, 11) is 0. The van der Waals surface area contributed by atoms with E-state index in [9.17, 15) is 9.18 Å². The van der Waals surface area contributed by atoms with Crippen molar-refractivity contribution in [3.63, 3.8) is 0 Å². The second kappa shape index (κ2) is 4.42. The first kappa shape index (κ1) is 11.4. The SMILES string of the molecule is C[C@H]1C[C@H]1C(=O)NCc1ccc(F)c(Cl)c1. The maximum atomic E-state index is 12.9. The molecule has 1 aromatic rings. The number of rotatable bonds is 3. The number of amides is 1. The Labute approximate surface area is 98.8 Å². The van der Waals surface area contributed by atoms with Gasteiger partial charge < -0.3 is 5.32 Å². The zero-order chi connectivity index (χ0) is 11.7. The predicted molar refractivity (Wildman–Crippen MR) is 60.5 cm³/mol. The summed E-state index contributed by atoms with van der Waals surface area (Å²) in [6.07, 6.45) is 0.968. The fraction of sp³-hybridized carbons (Fsp3) is 0.417. The van der Waals surface area contributed by atoms with E-state index in [0.29, 0.717) is 12.5 Å². The van der Waals surface area contributed by atoms with E-state index in [1.807, 2.05) is 0 Å². The molecule has 1 N–H and O–H groups in total. The molecular weight excluding hydrogens is 229 g/mol. The highest BCUT2D eigenvalue weighted by Crippen LogP contribution is 2.37. The lowest BCUT2D eigenvalue weighted by atomic mass is 10.2. The average molecular weight is 242 g/mol. The maximum Gasteiger partial charge on any atom is 0.223 e. The molecule has 2 atom stereocenters. The Morgan fingerprint density at radius 1 is 1.62 bits per heavy atom. The number of benzene rings is 1. The molecule has 2 rings (SSSR count). The molecule has 86 valence electrons. The molecule has 0 bridgehead atoms. The van der Waals surface area contributed by atoms with Crippen molar-refractivity contribution in [1.29, 1.82) is 0 Å². The molecule has 0 radical (unpaired) electrons. The second-order valence-electron chi connectivity index (χ2n) is 4.29. The van der Waals surface area contributed by atoms with E-state index in [0.717, 1.165) is 12.0 Å². The minimum absolute atomic E-state index is 0.0768. The van der Waals surface area contributed by atoms with Crippen LogP contribution in [0.15, 0.2) is 18.2 Å². The van der Waals surface area contributed by atoms with Crippen LogP contribution in [0.3, 0.4) is 0 Å². The minimum atomic E-state index is -0.437. The van der Waals surface area contributed by atoms with E-state index < -0.39 is 5.82 Å². The molecule has 0 heterocycles. The molecule has 1 aromatic carbocycles. The number of nitrogens with one attached hydrogen (secondary N) is 1. The lowest BCUT2D eigenvalue weighted by molar-refractivity contribution is -0.122. The third-order valence-electron chi connectivity index (χ3n) is 2.90. The molecular formula is C12H13ClFNO. The average Bonchev–Trinajstić information content (AvgIpc) is 2.97. The number of hydrogen-bond acceptors (Lipinski definition) is 1. The highest BCUT2D eigenvalue weighted by Gasteiger charge is 2.38. The Bertz CT molecular complexity index is 421. The molecule has 0 aromatic heterocycles. The first-order valence-electron chi connectivity index (χ1n) is 5.29. The zero-order valence-electron chi connectivity index (χ0n) is 8.97. The van der Waals surface area contributed by atoms with E-state index in [4.69, 9.17) is 11.6 Å². The van der Waals surface area contributed by atoms with Crippen molar-refractivity contribution in [1.82, 2.24) is 5.32 Å². The van der Waals surface area contributed by atoms with Gasteiger partial charge in [0.2, 0.25) is 5.91 Å². The van der Waals surface area contributed by atoms with Gasteiger partial charge in [-0.3, -0.25) is 4.79 Å². The van der Waals surface area contributed by atoms with Crippen LogP contribution in [-0.4, -0.2) is 5.91 Å². The van der Waals surface area contributed by atoms with Crippen LogP contribution in [0.5, 0.6) is 0 Å². The van der Waals surface area contributed by atoms with Gasteiger partial charge in [0.1, 0.15) is 5.82 Å². The van der Waals surface area contributed by atoms with Crippen molar-refractivity contribution in [3.05, 3.63) is 34.6 Å². The van der Waals surface area contributed by atoms with E-state index in [1.165, 1.54) is 12.1 Å². The van der Waals surface area contributed by atoms with Gasteiger partial charge in [-0.25, -0.2) is 4.39 Å². The Balaban J connectivity index is 1.89. The van der Waals surface area contributed by atoms with Crippen LogP contribution >= 0.6 is 11.6 Å². The van der Waals surface area contributed by atoms with Crippen molar-refractivity contribution in [2.75, 3.05) is 0 Å². The second-order valence-corrected chi connectivity index (χ2v) is 4.69. The van der Waals surface area contributed by atoms with Gasteiger partial charge in [0.15, 0.2) is 0 Å². The van der Waals surface area contributed by atoms with Crippen LogP contribution in [0, 0.1) is 17.7 Å². The minimum Gasteiger partial charge on any atom is -0.352 e. The van der Waals surface area contributed by atoms with Crippen molar-refractivity contribution in [2.45, 2.75) is 19.9 Å². The molecule has 1 aliphatic rings. The Kier molecular flexibility index (Phi) is 3.15. The van der Waals surface area contributed by atoms with Crippen molar-refractivity contribution < 1.29 is 9.18 Å². The molecule has 0 saturated heterocycles. The summed E-state index contributed by atoms with van der Waals surface area (Å²) in [4.78, 5) is 11.5. The molecule has 0 spiro atoms. The number of halogens is 2. The van der Waals surface area contributed by atoms with Gasteiger partial charge in [0.25, 0.3) is 0 Å². The van der Waals surface area contributed by atoms with Crippen LogP contribution in [0.4, 0.5) is 4.39 Å². The van der Waals surface area contributed by atoms with E-state index in [-0.39, 0.29) is 16.8 Å². The summed E-state index contributed by atoms with van der Waals surface area (Å²) in [6.45, 7) is 2.46. The third-order valence-corrected chi connectivity index (χ3v) is 3.19. The molecule has 0 unspecified atom stereocenters. The van der Waals surface area contributed by atoms with Gasteiger partial charge in [0.05, 0.1) is 5.02 Å². The largest absolute Gasteiger partial charge is 0.352 e. The molecule has 16 heavy (non-hydrogen) atoms. The van der Waals surface area contributed by atoms with Gasteiger partial charge in [-0.05, 0) is 30.0 Å². The molecule has 1 aliphatic carbocycles. The number of carbonyl (C=O) groups excluding carboxylic acids is 1. The van der Waals surface area contributed by atoms with Crippen LogP contribution in [0.2, 0.25) is 5.02 Å². The van der Waals surface area contributed by atoms with Crippen molar-refractivity contribution in [2.24, 2.45) is 11.8 Å². The van der Waals surface area contributed by atoms with Crippen molar-refractivity contribution >= 4 is 17.5 Å². The molecule has 4 heteroatoms. The first-order valence-corrected chi connectivity index (χ1v) is 5.67. The number of carbonyl (C=O) groups is 1. The fourth-order valence-electron chi connectivity index (χ4n) is 1.66. The van der Waals surface area contributed by atoms with Crippen LogP contribution in [-0.2, 0) is 11.3 Å². The fourth-order valence-corrected chi connectivity index (χ4v) is 1.86. The Morgan fingerprint density at radius 3 is 2.88 bits per heavy atom. The highest BCUT2D eigenvalue weighted by atomic mass is 35.5. The summed E-state index contributed by atoms with van der Waals surface area (Å²) in [5.74, 6) is 0.299. The first-order chi connectivity index (χ1) is 7.58. The topological polar surface area (TPSA) is 29.1 Å². The van der Waals surface area contributed by atoms with Crippen molar-refractivity contribution in [3.8, 4) is 0 Å². The van der Waals surface area contributed by atoms with Gasteiger partial charge in [0, 0.05) is 12.5 Å². The monoisotopic (exact) mass is 241 g/mol. The van der Waals surface area contributed by atoms with Crippen LogP contribution in [0.1, 0.15) is 18.9 Å². The Morgan fingerprint density at radius 2 is 2.31 bits per heavy atom.